The Bertz CT molecular complexity index is 1120. The molecule has 6 heteroatoms. The molecule has 0 amide bonds. The molecule has 0 radical (unpaired) electrons. The lowest BCUT2D eigenvalue weighted by atomic mass is 10.0. The number of pyridine rings is 1. The van der Waals surface area contributed by atoms with Crippen molar-refractivity contribution >= 4 is 17.7 Å². The number of allylic oxidation sites excluding steroid dienone is 1. The number of thioether (sulfide) groups is 1. The Morgan fingerprint density at radius 3 is 2.47 bits per heavy atom. The van der Waals surface area contributed by atoms with Gasteiger partial charge in [0.05, 0.1) is 5.69 Å². The summed E-state index contributed by atoms with van der Waals surface area (Å²) in [6.45, 7) is 0. The molecular weight excluding hydrogens is 396 g/mol. The summed E-state index contributed by atoms with van der Waals surface area (Å²) in [5.41, 5.74) is 3.07. The minimum absolute atomic E-state index is 0.0395. The van der Waals surface area contributed by atoms with Gasteiger partial charge in [0.1, 0.15) is 11.6 Å². The lowest BCUT2D eigenvalue weighted by Crippen LogP contribution is -2.19. The number of aliphatic carboxylic acids is 1. The van der Waals surface area contributed by atoms with Gasteiger partial charge in [0.15, 0.2) is 0 Å². The van der Waals surface area contributed by atoms with Crippen LogP contribution in [0.25, 0.3) is 11.3 Å². The first-order valence-corrected chi connectivity index (χ1v) is 10.4. The van der Waals surface area contributed by atoms with Gasteiger partial charge < -0.3 is 9.84 Å². The quantitative estimate of drug-likeness (QED) is 0.572. The largest absolute Gasteiger partial charge is 0.478 e. The van der Waals surface area contributed by atoms with Crippen LogP contribution in [0.3, 0.4) is 0 Å². The van der Waals surface area contributed by atoms with E-state index in [-0.39, 0.29) is 16.7 Å². The van der Waals surface area contributed by atoms with E-state index in [9.17, 15) is 15.2 Å². The zero-order chi connectivity index (χ0) is 20.9. The van der Waals surface area contributed by atoms with Gasteiger partial charge in [0, 0.05) is 16.4 Å². The van der Waals surface area contributed by atoms with Crippen LogP contribution in [0, 0.1) is 11.3 Å². The summed E-state index contributed by atoms with van der Waals surface area (Å²) < 4.78 is 5.88. The molecule has 3 aromatic rings. The molecule has 148 valence electrons. The lowest BCUT2D eigenvalue weighted by Gasteiger charge is -2.20. The second-order valence-electron chi connectivity index (χ2n) is 6.73. The molecule has 0 aliphatic carbocycles. The number of hydrogen-bond donors (Lipinski definition) is 1. The van der Waals surface area contributed by atoms with Gasteiger partial charge in [-0.25, -0.2) is 9.78 Å². The van der Waals surface area contributed by atoms with Gasteiger partial charge >= 0.3 is 5.97 Å². The number of carbonyl (C=O) groups is 1. The van der Waals surface area contributed by atoms with Crippen molar-refractivity contribution in [2.75, 3.05) is 0 Å². The monoisotopic (exact) mass is 414 g/mol. The van der Waals surface area contributed by atoms with E-state index in [0.717, 1.165) is 17.5 Å². The van der Waals surface area contributed by atoms with E-state index >= 15 is 0 Å². The highest BCUT2D eigenvalue weighted by molar-refractivity contribution is 8.02. The molecular formula is C24H18N2O3S. The van der Waals surface area contributed by atoms with Crippen LogP contribution in [0.4, 0.5) is 0 Å². The molecule has 1 aromatic heterocycles. The molecule has 1 aliphatic heterocycles. The van der Waals surface area contributed by atoms with Crippen LogP contribution in [-0.2, 0) is 4.79 Å². The van der Waals surface area contributed by atoms with Gasteiger partial charge in [-0.3, -0.25) is 0 Å². The van der Waals surface area contributed by atoms with Crippen molar-refractivity contribution in [2.24, 2.45) is 0 Å². The Kier molecular flexibility index (Phi) is 5.82. The van der Waals surface area contributed by atoms with Gasteiger partial charge in [-0.15, -0.1) is 11.8 Å². The van der Waals surface area contributed by atoms with Gasteiger partial charge in [-0.1, -0.05) is 66.7 Å². The highest BCUT2D eigenvalue weighted by Crippen LogP contribution is 2.43. The van der Waals surface area contributed by atoms with E-state index in [4.69, 9.17) is 4.74 Å². The highest BCUT2D eigenvalue weighted by atomic mass is 32.2. The standard InChI is InChI=1S/C24H18N2O3S/c25-15-19-18(21-12-7-13-30-21)14-20(16-8-3-1-4-9-16)26-23(19)29-22(24(27)28)17-10-5-2-6-11-17/h1-11,13-14,21-22H,12H2,(H,27,28). The molecule has 1 N–H and O–H groups in total. The Morgan fingerprint density at radius 2 is 1.87 bits per heavy atom. The van der Waals surface area contributed by atoms with Crippen LogP contribution in [0.5, 0.6) is 5.88 Å². The molecule has 4 rings (SSSR count). The third-order valence-corrected chi connectivity index (χ3v) is 5.91. The van der Waals surface area contributed by atoms with Gasteiger partial charge in [-0.05, 0) is 23.5 Å². The number of carboxylic acid groups (broad SMARTS) is 1. The second-order valence-corrected chi connectivity index (χ2v) is 7.85. The third-order valence-electron chi connectivity index (χ3n) is 4.79. The summed E-state index contributed by atoms with van der Waals surface area (Å²) in [4.78, 5) is 16.5. The first kappa shape index (κ1) is 19.7. The van der Waals surface area contributed by atoms with E-state index in [1.807, 2.05) is 41.8 Å². The molecule has 0 saturated heterocycles. The van der Waals surface area contributed by atoms with Crippen molar-refractivity contribution in [1.29, 1.82) is 5.26 Å². The highest BCUT2D eigenvalue weighted by Gasteiger charge is 2.28. The number of nitriles is 1. The van der Waals surface area contributed by atoms with Crippen molar-refractivity contribution in [3.63, 3.8) is 0 Å². The van der Waals surface area contributed by atoms with E-state index in [1.54, 1.807) is 42.1 Å². The molecule has 2 unspecified atom stereocenters. The predicted octanol–water partition coefficient (Wildman–Crippen LogP) is 5.52. The number of nitrogens with zero attached hydrogens (tertiary/aromatic N) is 2. The maximum Gasteiger partial charge on any atom is 0.349 e. The number of ether oxygens (including phenoxy) is 1. The Morgan fingerprint density at radius 1 is 1.17 bits per heavy atom. The number of aromatic nitrogens is 1. The fourth-order valence-corrected chi connectivity index (χ4v) is 4.30. The number of hydrogen-bond acceptors (Lipinski definition) is 5. The van der Waals surface area contributed by atoms with Crippen molar-refractivity contribution in [3.8, 4) is 23.2 Å². The summed E-state index contributed by atoms with van der Waals surface area (Å²) >= 11 is 1.63. The maximum absolute atomic E-state index is 12.0. The molecule has 5 nitrogen and oxygen atoms in total. The smallest absolute Gasteiger partial charge is 0.349 e. The Hall–Kier alpha value is -3.56. The normalized spacial score (nSPS) is 16.0. The summed E-state index contributed by atoms with van der Waals surface area (Å²) in [7, 11) is 0. The van der Waals surface area contributed by atoms with Crippen LogP contribution in [0.1, 0.15) is 34.5 Å². The van der Waals surface area contributed by atoms with E-state index < -0.39 is 12.1 Å². The van der Waals surface area contributed by atoms with Crippen molar-refractivity contribution < 1.29 is 14.6 Å². The SMILES string of the molecule is N#Cc1c(C2CC=CS2)cc(-c2ccccc2)nc1OC(C(=O)O)c1ccccc1. The molecule has 0 bridgehead atoms. The average Bonchev–Trinajstić information content (AvgIpc) is 3.32. The van der Waals surface area contributed by atoms with Crippen molar-refractivity contribution in [3.05, 3.63) is 94.9 Å². The predicted molar refractivity (Wildman–Crippen MR) is 116 cm³/mol. The van der Waals surface area contributed by atoms with Crippen LogP contribution in [0.2, 0.25) is 0 Å². The minimum Gasteiger partial charge on any atom is -0.478 e. The molecule has 0 saturated carbocycles. The fourth-order valence-electron chi connectivity index (χ4n) is 3.33. The van der Waals surface area contributed by atoms with E-state index in [2.05, 4.69) is 17.1 Å². The molecule has 2 atom stereocenters. The maximum atomic E-state index is 12.0. The van der Waals surface area contributed by atoms with Crippen molar-refractivity contribution in [1.82, 2.24) is 4.98 Å². The first-order valence-electron chi connectivity index (χ1n) is 9.42. The van der Waals surface area contributed by atoms with Gasteiger partial charge in [-0.2, -0.15) is 5.26 Å². The summed E-state index contributed by atoms with van der Waals surface area (Å²) in [6.07, 6.45) is 1.58. The molecule has 2 aromatic carbocycles. The molecule has 2 heterocycles. The number of benzene rings is 2. The molecule has 1 aliphatic rings. The fraction of sp³-hybridized carbons (Fsp3) is 0.125. The average molecular weight is 414 g/mol. The third kappa shape index (κ3) is 4.07. The van der Waals surface area contributed by atoms with Crippen LogP contribution in [-0.4, -0.2) is 16.1 Å². The van der Waals surface area contributed by atoms with Crippen LogP contribution < -0.4 is 4.74 Å². The topological polar surface area (TPSA) is 83.2 Å². The van der Waals surface area contributed by atoms with E-state index in [0.29, 0.717) is 11.3 Å². The zero-order valence-corrected chi connectivity index (χ0v) is 16.8. The number of rotatable bonds is 6. The van der Waals surface area contributed by atoms with Crippen molar-refractivity contribution in [2.45, 2.75) is 17.8 Å². The molecule has 0 spiro atoms. The lowest BCUT2D eigenvalue weighted by molar-refractivity contribution is -0.145. The molecule has 30 heavy (non-hydrogen) atoms. The summed E-state index contributed by atoms with van der Waals surface area (Å²) in [6, 6.07) is 22.4. The molecule has 0 fully saturated rings. The first-order chi connectivity index (χ1) is 14.7. The zero-order valence-electron chi connectivity index (χ0n) is 15.9. The van der Waals surface area contributed by atoms with Crippen LogP contribution in [0.15, 0.2) is 78.2 Å². The Labute approximate surface area is 178 Å². The summed E-state index contributed by atoms with van der Waals surface area (Å²) in [5, 5.41) is 21.7. The Balaban J connectivity index is 1.83. The van der Waals surface area contributed by atoms with Gasteiger partial charge in [0.25, 0.3) is 0 Å². The second kappa shape index (κ2) is 8.85. The number of carboxylic acids is 1. The van der Waals surface area contributed by atoms with Gasteiger partial charge in [0.2, 0.25) is 12.0 Å². The minimum atomic E-state index is -1.26. The van der Waals surface area contributed by atoms with Crippen LogP contribution >= 0.6 is 11.8 Å². The summed E-state index contributed by atoms with van der Waals surface area (Å²) in [5.74, 6) is -1.10. The van der Waals surface area contributed by atoms with E-state index in [1.165, 1.54) is 0 Å².